The van der Waals surface area contributed by atoms with E-state index in [1.807, 2.05) is 42.5 Å². The van der Waals surface area contributed by atoms with Crippen LogP contribution in [0.5, 0.6) is 0 Å². The van der Waals surface area contributed by atoms with Crippen molar-refractivity contribution >= 4 is 17.4 Å². The quantitative estimate of drug-likeness (QED) is 0.694. The zero-order valence-corrected chi connectivity index (χ0v) is 16.6. The molecule has 0 fully saturated rings. The predicted molar refractivity (Wildman–Crippen MR) is 115 cm³/mol. The van der Waals surface area contributed by atoms with Crippen molar-refractivity contribution in [2.75, 3.05) is 7.05 Å². The predicted octanol–water partition coefficient (Wildman–Crippen LogP) is 2.98. The lowest BCUT2D eigenvalue weighted by molar-refractivity contribution is -0.140. The van der Waals surface area contributed by atoms with E-state index >= 15 is 0 Å². The number of rotatable bonds is 5. The minimum absolute atomic E-state index is 0.162. The Bertz CT molecular complexity index is 1100. The van der Waals surface area contributed by atoms with Crippen LogP contribution in [0.25, 0.3) is 0 Å². The Hall–Kier alpha value is -3.57. The zero-order valence-electron chi connectivity index (χ0n) is 16.6. The summed E-state index contributed by atoms with van der Waals surface area (Å²) < 4.78 is 0. The summed E-state index contributed by atoms with van der Waals surface area (Å²) in [5, 5.41) is 14.7. The second-order valence-corrected chi connectivity index (χ2v) is 7.31. The number of aliphatic hydroxyl groups is 1. The van der Waals surface area contributed by atoms with Gasteiger partial charge in [-0.3, -0.25) is 14.6 Å². The molecule has 1 amide bonds. The van der Waals surface area contributed by atoms with Gasteiger partial charge in [-0.15, -0.1) is 0 Å². The van der Waals surface area contributed by atoms with Crippen molar-refractivity contribution in [3.05, 3.63) is 108 Å². The molecule has 0 bridgehead atoms. The summed E-state index contributed by atoms with van der Waals surface area (Å²) >= 11 is 0. The van der Waals surface area contributed by atoms with Crippen LogP contribution in [0.3, 0.4) is 0 Å². The summed E-state index contributed by atoms with van der Waals surface area (Å²) in [6.07, 6.45) is -0.180. The third-order valence-corrected chi connectivity index (χ3v) is 5.63. The number of nitrogens with one attached hydrogen (secondary N) is 1. The SMILES string of the molecule is CNC(=O)CC1(c2ccccc2)N=C(c2ccccc2)C(=O)C1(O)c1ccccc1. The highest BCUT2D eigenvalue weighted by Gasteiger charge is 2.63. The molecule has 2 N–H and O–H groups in total. The van der Waals surface area contributed by atoms with E-state index < -0.39 is 16.9 Å². The first-order valence-corrected chi connectivity index (χ1v) is 9.77. The molecule has 0 aliphatic carbocycles. The fourth-order valence-corrected chi connectivity index (χ4v) is 4.10. The average Bonchev–Trinajstić information content (AvgIpc) is 3.04. The largest absolute Gasteiger partial charge is 0.374 e. The number of hydrogen-bond donors (Lipinski definition) is 2. The number of amides is 1. The van der Waals surface area contributed by atoms with Crippen LogP contribution >= 0.6 is 0 Å². The first-order chi connectivity index (χ1) is 14.5. The fourth-order valence-electron chi connectivity index (χ4n) is 4.10. The molecule has 4 rings (SSSR count). The molecule has 1 heterocycles. The standard InChI is InChI=1S/C25H22N2O3/c1-26-21(28)17-24(19-13-7-3-8-14-19)25(30,20-15-9-4-10-16-20)23(29)22(27-24)18-11-5-2-6-12-18/h2-16,30H,17H2,1H3,(H,26,28). The number of aliphatic imine (C=N–C) groups is 1. The van der Waals surface area contributed by atoms with Crippen molar-refractivity contribution in [1.82, 2.24) is 5.32 Å². The highest BCUT2D eigenvalue weighted by atomic mass is 16.3. The van der Waals surface area contributed by atoms with Crippen molar-refractivity contribution in [3.63, 3.8) is 0 Å². The maximum Gasteiger partial charge on any atom is 0.222 e. The summed E-state index contributed by atoms with van der Waals surface area (Å²) in [6, 6.07) is 26.8. The van der Waals surface area contributed by atoms with Gasteiger partial charge in [-0.05, 0) is 11.1 Å². The molecule has 5 nitrogen and oxygen atoms in total. The van der Waals surface area contributed by atoms with E-state index in [1.54, 1.807) is 48.5 Å². The minimum Gasteiger partial charge on any atom is -0.374 e. The lowest BCUT2D eigenvalue weighted by atomic mass is 9.68. The van der Waals surface area contributed by atoms with E-state index in [0.717, 1.165) is 0 Å². The molecule has 0 saturated heterocycles. The third-order valence-electron chi connectivity index (χ3n) is 5.63. The maximum absolute atomic E-state index is 13.8. The molecule has 1 aliphatic heterocycles. The van der Waals surface area contributed by atoms with Gasteiger partial charge in [0.15, 0.2) is 5.60 Å². The lowest BCUT2D eigenvalue weighted by Crippen LogP contribution is -2.52. The molecule has 0 aromatic heterocycles. The Balaban J connectivity index is 2.04. The van der Waals surface area contributed by atoms with Gasteiger partial charge in [0, 0.05) is 12.6 Å². The van der Waals surface area contributed by atoms with Gasteiger partial charge in [0.25, 0.3) is 0 Å². The Labute approximate surface area is 175 Å². The molecule has 0 radical (unpaired) electrons. The minimum atomic E-state index is -2.03. The van der Waals surface area contributed by atoms with Gasteiger partial charge >= 0.3 is 0 Å². The topological polar surface area (TPSA) is 78.8 Å². The van der Waals surface area contributed by atoms with E-state index in [2.05, 4.69) is 5.32 Å². The van der Waals surface area contributed by atoms with Gasteiger partial charge in [-0.1, -0.05) is 91.0 Å². The summed E-state index contributed by atoms with van der Waals surface area (Å²) in [6.45, 7) is 0. The van der Waals surface area contributed by atoms with Gasteiger partial charge in [0.05, 0.1) is 6.42 Å². The second kappa shape index (κ2) is 7.69. The first kappa shape index (κ1) is 19.7. The van der Waals surface area contributed by atoms with E-state index in [1.165, 1.54) is 7.05 Å². The van der Waals surface area contributed by atoms with Gasteiger partial charge in [-0.2, -0.15) is 0 Å². The molecular formula is C25H22N2O3. The first-order valence-electron chi connectivity index (χ1n) is 9.77. The highest BCUT2D eigenvalue weighted by Crippen LogP contribution is 2.51. The van der Waals surface area contributed by atoms with Crippen molar-refractivity contribution < 1.29 is 14.7 Å². The maximum atomic E-state index is 13.8. The summed E-state index contributed by atoms with van der Waals surface area (Å²) in [5.41, 5.74) is -1.77. The summed E-state index contributed by atoms with van der Waals surface area (Å²) in [4.78, 5) is 31.2. The molecule has 0 saturated carbocycles. The smallest absolute Gasteiger partial charge is 0.222 e. The Morgan fingerprint density at radius 3 is 1.90 bits per heavy atom. The van der Waals surface area contributed by atoms with E-state index in [4.69, 9.17) is 4.99 Å². The second-order valence-electron chi connectivity index (χ2n) is 7.31. The van der Waals surface area contributed by atoms with Crippen LogP contribution in [0, 0.1) is 0 Å². The molecule has 2 atom stereocenters. The monoisotopic (exact) mass is 398 g/mol. The van der Waals surface area contributed by atoms with Gasteiger partial charge in [0.1, 0.15) is 11.3 Å². The molecule has 1 aliphatic rings. The van der Waals surface area contributed by atoms with Crippen LogP contribution in [0.4, 0.5) is 0 Å². The third kappa shape index (κ3) is 2.95. The Morgan fingerprint density at radius 1 is 0.867 bits per heavy atom. The van der Waals surface area contributed by atoms with Crippen molar-refractivity contribution in [3.8, 4) is 0 Å². The fraction of sp³-hybridized carbons (Fsp3) is 0.160. The molecule has 3 aromatic carbocycles. The summed E-state index contributed by atoms with van der Waals surface area (Å²) in [7, 11) is 1.53. The molecule has 30 heavy (non-hydrogen) atoms. The highest BCUT2D eigenvalue weighted by molar-refractivity contribution is 6.50. The molecular weight excluding hydrogens is 376 g/mol. The van der Waals surface area contributed by atoms with Crippen LogP contribution in [0.2, 0.25) is 0 Å². The number of ketones is 1. The molecule has 2 unspecified atom stereocenters. The van der Waals surface area contributed by atoms with E-state index in [-0.39, 0.29) is 18.0 Å². The Kier molecular flexibility index (Phi) is 5.06. The van der Waals surface area contributed by atoms with E-state index in [9.17, 15) is 14.7 Å². The van der Waals surface area contributed by atoms with Gasteiger partial charge in [0.2, 0.25) is 11.7 Å². The number of nitrogens with zero attached hydrogens (tertiary/aromatic N) is 1. The number of carbonyl (C=O) groups is 2. The van der Waals surface area contributed by atoms with Crippen molar-refractivity contribution in [1.29, 1.82) is 0 Å². The van der Waals surface area contributed by atoms with Crippen LogP contribution in [-0.2, 0) is 20.7 Å². The molecule has 0 spiro atoms. The molecule has 3 aromatic rings. The number of carbonyl (C=O) groups excluding carboxylic acids is 2. The Morgan fingerprint density at radius 2 is 1.37 bits per heavy atom. The molecule has 5 heteroatoms. The molecule has 150 valence electrons. The van der Waals surface area contributed by atoms with Gasteiger partial charge in [-0.25, -0.2) is 0 Å². The van der Waals surface area contributed by atoms with Crippen molar-refractivity contribution in [2.24, 2.45) is 4.99 Å². The van der Waals surface area contributed by atoms with E-state index in [0.29, 0.717) is 16.7 Å². The van der Waals surface area contributed by atoms with Gasteiger partial charge < -0.3 is 10.4 Å². The van der Waals surface area contributed by atoms with Crippen molar-refractivity contribution in [2.45, 2.75) is 17.6 Å². The lowest BCUT2D eigenvalue weighted by Gasteiger charge is -2.39. The number of benzene rings is 3. The number of Topliss-reactive ketones (excluding diaryl/α,β-unsaturated/α-hetero) is 1. The number of hydrogen-bond acceptors (Lipinski definition) is 4. The normalized spacial score (nSPS) is 23.1. The summed E-state index contributed by atoms with van der Waals surface area (Å²) in [5.74, 6) is -0.841. The van der Waals surface area contributed by atoms with Crippen LogP contribution in [0.15, 0.2) is 96.0 Å². The zero-order chi connectivity index (χ0) is 21.2. The van der Waals surface area contributed by atoms with Crippen LogP contribution < -0.4 is 5.32 Å². The average molecular weight is 398 g/mol. The van der Waals surface area contributed by atoms with Crippen LogP contribution in [0.1, 0.15) is 23.1 Å². The van der Waals surface area contributed by atoms with Crippen LogP contribution in [-0.4, -0.2) is 29.6 Å².